The fourth-order valence-corrected chi connectivity index (χ4v) is 2.65. The van der Waals surface area contributed by atoms with Crippen molar-refractivity contribution in [2.45, 2.75) is 52.2 Å². The molecule has 1 unspecified atom stereocenters. The van der Waals surface area contributed by atoms with Crippen molar-refractivity contribution in [3.05, 3.63) is 29.3 Å². The molecule has 1 atom stereocenters. The monoisotopic (exact) mass is 291 g/mol. The Hall–Kier alpha value is -1.55. The standard InChI is InChI=1S/C17H25NO3/c1-4-9-18-16-8-5-13-10-14(6-7-15(13)16)20-11-17(19)21-12(2)3/h6-7,10,12,16,18H,4-5,8-9,11H2,1-3H3. The lowest BCUT2D eigenvalue weighted by Crippen LogP contribution is -2.20. The maximum absolute atomic E-state index is 11.5. The molecule has 0 saturated carbocycles. The van der Waals surface area contributed by atoms with E-state index in [0.29, 0.717) is 6.04 Å². The van der Waals surface area contributed by atoms with Crippen molar-refractivity contribution in [2.75, 3.05) is 13.2 Å². The van der Waals surface area contributed by atoms with Crippen LogP contribution in [0.15, 0.2) is 18.2 Å². The van der Waals surface area contributed by atoms with Crippen molar-refractivity contribution in [1.82, 2.24) is 5.32 Å². The predicted molar refractivity (Wildman–Crippen MR) is 82.5 cm³/mol. The zero-order valence-corrected chi connectivity index (χ0v) is 13.1. The largest absolute Gasteiger partial charge is 0.482 e. The number of fused-ring (bicyclic) bond motifs is 1. The highest BCUT2D eigenvalue weighted by Gasteiger charge is 2.22. The minimum atomic E-state index is -0.326. The van der Waals surface area contributed by atoms with Gasteiger partial charge in [-0.1, -0.05) is 13.0 Å². The van der Waals surface area contributed by atoms with Crippen LogP contribution in [0.2, 0.25) is 0 Å². The average molecular weight is 291 g/mol. The van der Waals surface area contributed by atoms with Gasteiger partial charge >= 0.3 is 5.97 Å². The highest BCUT2D eigenvalue weighted by molar-refractivity contribution is 5.71. The lowest BCUT2D eigenvalue weighted by Gasteiger charge is -2.14. The molecule has 0 bridgehead atoms. The molecule has 0 aliphatic heterocycles. The van der Waals surface area contributed by atoms with Crippen LogP contribution < -0.4 is 10.1 Å². The Bertz CT molecular complexity index is 485. The first kappa shape index (κ1) is 15.8. The van der Waals surface area contributed by atoms with Gasteiger partial charge in [0.05, 0.1) is 6.10 Å². The van der Waals surface area contributed by atoms with Gasteiger partial charge in [0, 0.05) is 6.04 Å². The van der Waals surface area contributed by atoms with Gasteiger partial charge in [-0.25, -0.2) is 4.79 Å². The van der Waals surface area contributed by atoms with Gasteiger partial charge in [0.25, 0.3) is 0 Å². The van der Waals surface area contributed by atoms with Crippen LogP contribution in [-0.4, -0.2) is 25.2 Å². The molecule has 0 spiro atoms. The van der Waals surface area contributed by atoms with E-state index in [0.717, 1.165) is 31.6 Å². The Morgan fingerprint density at radius 3 is 2.95 bits per heavy atom. The molecule has 1 aliphatic carbocycles. The van der Waals surface area contributed by atoms with E-state index >= 15 is 0 Å². The number of hydrogen-bond acceptors (Lipinski definition) is 4. The third-order valence-electron chi connectivity index (χ3n) is 3.56. The van der Waals surface area contributed by atoms with E-state index in [1.54, 1.807) is 0 Å². The van der Waals surface area contributed by atoms with E-state index in [2.05, 4.69) is 18.3 Å². The van der Waals surface area contributed by atoms with Gasteiger partial charge in [-0.2, -0.15) is 0 Å². The second-order valence-electron chi connectivity index (χ2n) is 5.73. The molecule has 1 aromatic rings. The Labute approximate surface area is 126 Å². The van der Waals surface area contributed by atoms with Gasteiger partial charge in [-0.3, -0.25) is 0 Å². The fraction of sp³-hybridized carbons (Fsp3) is 0.588. The summed E-state index contributed by atoms with van der Waals surface area (Å²) in [6.45, 7) is 6.85. The van der Waals surface area contributed by atoms with Gasteiger partial charge < -0.3 is 14.8 Å². The van der Waals surface area contributed by atoms with Crippen molar-refractivity contribution in [3.63, 3.8) is 0 Å². The maximum Gasteiger partial charge on any atom is 0.344 e. The molecule has 21 heavy (non-hydrogen) atoms. The number of rotatable bonds is 7. The van der Waals surface area contributed by atoms with E-state index in [4.69, 9.17) is 9.47 Å². The summed E-state index contributed by atoms with van der Waals surface area (Å²) in [6.07, 6.45) is 3.23. The summed E-state index contributed by atoms with van der Waals surface area (Å²) in [5, 5.41) is 3.56. The van der Waals surface area contributed by atoms with E-state index < -0.39 is 0 Å². The summed E-state index contributed by atoms with van der Waals surface area (Å²) in [6, 6.07) is 6.55. The van der Waals surface area contributed by atoms with Crippen LogP contribution >= 0.6 is 0 Å². The molecule has 4 nitrogen and oxygen atoms in total. The summed E-state index contributed by atoms with van der Waals surface area (Å²) < 4.78 is 10.6. The smallest absolute Gasteiger partial charge is 0.344 e. The highest BCUT2D eigenvalue weighted by Crippen LogP contribution is 2.33. The van der Waals surface area contributed by atoms with Crippen LogP contribution in [0.5, 0.6) is 5.75 Å². The first-order valence-corrected chi connectivity index (χ1v) is 7.78. The zero-order chi connectivity index (χ0) is 15.2. The Morgan fingerprint density at radius 1 is 1.43 bits per heavy atom. The average Bonchev–Trinajstić information content (AvgIpc) is 2.84. The molecule has 0 amide bonds. The molecular formula is C17H25NO3. The first-order chi connectivity index (χ1) is 10.1. The minimum absolute atomic E-state index is 0.0333. The van der Waals surface area contributed by atoms with Gasteiger partial charge in [0.2, 0.25) is 0 Å². The van der Waals surface area contributed by atoms with Crippen molar-refractivity contribution in [1.29, 1.82) is 0 Å². The van der Waals surface area contributed by atoms with E-state index in [9.17, 15) is 4.79 Å². The number of carbonyl (C=O) groups is 1. The normalized spacial score (nSPS) is 16.9. The highest BCUT2D eigenvalue weighted by atomic mass is 16.6. The molecule has 1 aliphatic rings. The lowest BCUT2D eigenvalue weighted by molar-refractivity contribution is -0.149. The number of ether oxygens (including phenoxy) is 2. The molecule has 0 fully saturated rings. The zero-order valence-electron chi connectivity index (χ0n) is 13.1. The molecule has 0 radical (unpaired) electrons. The van der Waals surface area contributed by atoms with Gasteiger partial charge in [0.1, 0.15) is 5.75 Å². The molecule has 0 aromatic heterocycles. The summed E-state index contributed by atoms with van der Waals surface area (Å²) in [4.78, 5) is 11.5. The quantitative estimate of drug-likeness (QED) is 0.785. The second-order valence-corrected chi connectivity index (χ2v) is 5.73. The molecule has 2 rings (SSSR count). The van der Waals surface area contributed by atoms with E-state index in [-0.39, 0.29) is 18.7 Å². The number of benzene rings is 1. The predicted octanol–water partition coefficient (Wildman–Crippen LogP) is 3.00. The van der Waals surface area contributed by atoms with Gasteiger partial charge in [0.15, 0.2) is 6.61 Å². The molecule has 0 saturated heterocycles. The minimum Gasteiger partial charge on any atom is -0.482 e. The van der Waals surface area contributed by atoms with Crippen LogP contribution in [0.4, 0.5) is 0 Å². The molecule has 1 N–H and O–H groups in total. The van der Waals surface area contributed by atoms with Crippen LogP contribution in [0, 0.1) is 0 Å². The number of aryl methyl sites for hydroxylation is 1. The number of nitrogens with one attached hydrogen (secondary N) is 1. The van der Waals surface area contributed by atoms with Crippen molar-refractivity contribution < 1.29 is 14.3 Å². The van der Waals surface area contributed by atoms with E-state index in [1.807, 2.05) is 26.0 Å². The van der Waals surface area contributed by atoms with Crippen LogP contribution in [-0.2, 0) is 16.0 Å². The molecule has 0 heterocycles. The van der Waals surface area contributed by atoms with Crippen LogP contribution in [0.1, 0.15) is 50.8 Å². The second kappa shape index (κ2) is 7.46. The third kappa shape index (κ3) is 4.46. The fourth-order valence-electron chi connectivity index (χ4n) is 2.65. The summed E-state index contributed by atoms with van der Waals surface area (Å²) in [5.41, 5.74) is 2.68. The summed E-state index contributed by atoms with van der Waals surface area (Å²) in [7, 11) is 0. The number of hydrogen-bond donors (Lipinski definition) is 1. The third-order valence-corrected chi connectivity index (χ3v) is 3.56. The van der Waals surface area contributed by atoms with Gasteiger partial charge in [-0.05, 0) is 62.9 Å². The van der Waals surface area contributed by atoms with Crippen molar-refractivity contribution >= 4 is 5.97 Å². The van der Waals surface area contributed by atoms with Gasteiger partial charge in [-0.15, -0.1) is 0 Å². The van der Waals surface area contributed by atoms with Crippen molar-refractivity contribution in [2.24, 2.45) is 0 Å². The molecule has 1 aromatic carbocycles. The molecular weight excluding hydrogens is 266 g/mol. The van der Waals surface area contributed by atoms with E-state index in [1.165, 1.54) is 11.1 Å². The van der Waals surface area contributed by atoms with Crippen LogP contribution in [0.25, 0.3) is 0 Å². The topological polar surface area (TPSA) is 47.6 Å². The Morgan fingerprint density at radius 2 is 2.24 bits per heavy atom. The summed E-state index contributed by atoms with van der Waals surface area (Å²) in [5.74, 6) is 0.415. The first-order valence-electron chi connectivity index (χ1n) is 7.78. The number of esters is 1. The SMILES string of the molecule is CCCNC1CCc2cc(OCC(=O)OC(C)C)ccc21. The van der Waals surface area contributed by atoms with Crippen LogP contribution in [0.3, 0.4) is 0 Å². The van der Waals surface area contributed by atoms with Crippen molar-refractivity contribution in [3.8, 4) is 5.75 Å². The lowest BCUT2D eigenvalue weighted by atomic mass is 10.1. The molecule has 4 heteroatoms. The number of carbonyl (C=O) groups excluding carboxylic acids is 1. The Balaban J connectivity index is 1.91. The summed E-state index contributed by atoms with van der Waals surface area (Å²) >= 11 is 0. The Kier molecular flexibility index (Phi) is 5.62. The molecule has 116 valence electrons. The maximum atomic E-state index is 11.5.